The van der Waals surface area contributed by atoms with Gasteiger partial charge < -0.3 is 10.1 Å². The molecule has 2 rings (SSSR count). The quantitative estimate of drug-likeness (QED) is 0.639. The number of benzene rings is 1. The van der Waals surface area contributed by atoms with E-state index in [0.29, 0.717) is 5.56 Å². The first-order valence-corrected chi connectivity index (χ1v) is 7.74. The second kappa shape index (κ2) is 8.39. The number of thioether (sulfide) groups is 1. The van der Waals surface area contributed by atoms with Gasteiger partial charge in [-0.2, -0.15) is 8.78 Å². The van der Waals surface area contributed by atoms with E-state index in [4.69, 9.17) is 0 Å². The number of nitrogens with one attached hydrogen (secondary N) is 1. The summed E-state index contributed by atoms with van der Waals surface area (Å²) in [5, 5.41) is 2.62. The van der Waals surface area contributed by atoms with E-state index in [1.54, 1.807) is 24.3 Å². The zero-order valence-electron chi connectivity index (χ0n) is 12.7. The molecule has 5 nitrogen and oxygen atoms in total. The van der Waals surface area contributed by atoms with E-state index in [1.807, 2.05) is 0 Å². The molecule has 0 aliphatic heterocycles. The molecule has 8 heteroatoms. The molecule has 0 radical (unpaired) electrons. The molecule has 2 aromatic rings. The minimum Gasteiger partial charge on any atom is -0.465 e. The van der Waals surface area contributed by atoms with Crippen molar-refractivity contribution in [3.63, 3.8) is 0 Å². The molecule has 1 amide bonds. The molecule has 0 aliphatic carbocycles. The number of hydrogen-bond donors (Lipinski definition) is 1. The van der Waals surface area contributed by atoms with Crippen molar-refractivity contribution < 1.29 is 23.1 Å². The van der Waals surface area contributed by atoms with E-state index in [2.05, 4.69) is 15.0 Å². The Morgan fingerprint density at radius 2 is 1.96 bits per heavy atom. The number of pyridine rings is 1. The first-order valence-electron chi connectivity index (χ1n) is 6.86. The van der Waals surface area contributed by atoms with Gasteiger partial charge in [-0.3, -0.25) is 4.79 Å². The fourth-order valence-corrected chi connectivity index (χ4v) is 2.47. The number of amides is 1. The van der Waals surface area contributed by atoms with Crippen LogP contribution in [0.15, 0.2) is 47.6 Å². The van der Waals surface area contributed by atoms with Crippen LogP contribution in [-0.4, -0.2) is 29.7 Å². The lowest BCUT2D eigenvalue weighted by atomic mass is 10.1. The normalized spacial score (nSPS) is 10.5. The molecule has 0 saturated carbocycles. The first kappa shape index (κ1) is 17.9. The lowest BCUT2D eigenvalue weighted by Gasteiger charge is -2.09. The number of halogens is 2. The summed E-state index contributed by atoms with van der Waals surface area (Å²) in [6.07, 6.45) is 1.35. The summed E-state index contributed by atoms with van der Waals surface area (Å²) in [5.41, 5.74) is 1.24. The highest BCUT2D eigenvalue weighted by atomic mass is 32.2. The maximum Gasteiger partial charge on any atom is 0.337 e. The summed E-state index contributed by atoms with van der Waals surface area (Å²) in [4.78, 5) is 27.3. The van der Waals surface area contributed by atoms with Crippen molar-refractivity contribution in [2.45, 2.75) is 17.3 Å². The highest BCUT2D eigenvalue weighted by molar-refractivity contribution is 7.99. The van der Waals surface area contributed by atoms with Crippen LogP contribution in [0.4, 0.5) is 8.78 Å². The number of rotatable bonds is 6. The Morgan fingerprint density at radius 3 is 2.58 bits per heavy atom. The molecule has 0 saturated heterocycles. The molecule has 1 N–H and O–H groups in total. The van der Waals surface area contributed by atoms with Crippen molar-refractivity contribution in [1.82, 2.24) is 10.3 Å². The van der Waals surface area contributed by atoms with Gasteiger partial charge in [-0.1, -0.05) is 12.1 Å². The highest BCUT2D eigenvalue weighted by Crippen LogP contribution is 2.26. The molecular formula is C16H14F2N2O3S. The van der Waals surface area contributed by atoms with Gasteiger partial charge in [0.2, 0.25) is 0 Å². The minimum atomic E-state index is -2.66. The number of hydrogen-bond acceptors (Lipinski definition) is 5. The summed E-state index contributed by atoms with van der Waals surface area (Å²) < 4.78 is 29.6. The van der Waals surface area contributed by atoms with Gasteiger partial charge in [0.05, 0.1) is 18.2 Å². The molecule has 0 spiro atoms. The molecule has 24 heavy (non-hydrogen) atoms. The van der Waals surface area contributed by atoms with Crippen LogP contribution in [0.5, 0.6) is 0 Å². The average Bonchev–Trinajstić information content (AvgIpc) is 2.59. The third-order valence-corrected chi connectivity index (χ3v) is 3.77. The number of methoxy groups -OCH3 is 1. The Morgan fingerprint density at radius 1 is 1.25 bits per heavy atom. The van der Waals surface area contributed by atoms with Crippen LogP contribution < -0.4 is 5.32 Å². The minimum absolute atomic E-state index is 0.0222. The fraction of sp³-hybridized carbons (Fsp3) is 0.188. The summed E-state index contributed by atoms with van der Waals surface area (Å²) >= 11 is 0.226. The molecule has 1 aromatic carbocycles. The zero-order valence-corrected chi connectivity index (χ0v) is 13.5. The van der Waals surface area contributed by atoms with Gasteiger partial charge in [-0.05, 0) is 41.6 Å². The Labute approximate surface area is 141 Å². The monoisotopic (exact) mass is 352 g/mol. The molecule has 0 unspecified atom stereocenters. The van der Waals surface area contributed by atoms with Gasteiger partial charge >= 0.3 is 5.97 Å². The molecule has 1 aromatic heterocycles. The van der Waals surface area contributed by atoms with Gasteiger partial charge in [0.1, 0.15) is 5.03 Å². The van der Waals surface area contributed by atoms with Crippen LogP contribution in [0.1, 0.15) is 26.3 Å². The van der Waals surface area contributed by atoms with Crippen LogP contribution in [0.25, 0.3) is 0 Å². The van der Waals surface area contributed by atoms with Gasteiger partial charge in [0.15, 0.2) is 0 Å². The SMILES string of the molecule is COC(=O)c1ccc(CNC(=O)c2cccnc2SC(F)F)cc1. The topological polar surface area (TPSA) is 68.3 Å². The summed E-state index contributed by atoms with van der Waals surface area (Å²) in [6, 6.07) is 9.45. The zero-order chi connectivity index (χ0) is 17.5. The smallest absolute Gasteiger partial charge is 0.337 e. The first-order chi connectivity index (χ1) is 11.5. The number of ether oxygens (including phenoxy) is 1. The van der Waals surface area contributed by atoms with Crippen molar-refractivity contribution in [1.29, 1.82) is 0 Å². The second-order valence-corrected chi connectivity index (χ2v) is 5.58. The van der Waals surface area contributed by atoms with Crippen LogP contribution in [0.3, 0.4) is 0 Å². The van der Waals surface area contributed by atoms with E-state index in [9.17, 15) is 18.4 Å². The standard InChI is InChI=1S/C16H14F2N2O3S/c1-23-15(22)11-6-4-10(5-7-11)9-20-13(21)12-3-2-8-19-14(12)24-16(17)18/h2-8,16H,9H2,1H3,(H,20,21). The van der Waals surface area contributed by atoms with E-state index in [0.717, 1.165) is 5.56 Å². The van der Waals surface area contributed by atoms with Crippen molar-refractivity contribution in [3.05, 3.63) is 59.3 Å². The van der Waals surface area contributed by atoms with Crippen LogP contribution in [-0.2, 0) is 11.3 Å². The van der Waals surface area contributed by atoms with Gasteiger partial charge in [0.25, 0.3) is 11.7 Å². The van der Waals surface area contributed by atoms with Gasteiger partial charge in [0, 0.05) is 12.7 Å². The Hall–Kier alpha value is -2.48. The predicted molar refractivity (Wildman–Crippen MR) is 85.0 cm³/mol. The molecule has 0 atom stereocenters. The number of esters is 1. The van der Waals surface area contributed by atoms with Crippen LogP contribution in [0.2, 0.25) is 0 Å². The van der Waals surface area contributed by atoms with Crippen LogP contribution in [0, 0.1) is 0 Å². The predicted octanol–water partition coefficient (Wildman–Crippen LogP) is 3.11. The number of nitrogens with zero attached hydrogens (tertiary/aromatic N) is 1. The van der Waals surface area contributed by atoms with Gasteiger partial charge in [-0.15, -0.1) is 0 Å². The van der Waals surface area contributed by atoms with Gasteiger partial charge in [-0.25, -0.2) is 9.78 Å². The molecule has 1 heterocycles. The summed E-state index contributed by atoms with van der Waals surface area (Å²) in [5.74, 6) is -3.60. The third kappa shape index (κ3) is 4.76. The maximum absolute atomic E-state index is 12.5. The Bertz CT molecular complexity index is 724. The fourth-order valence-electron chi connectivity index (χ4n) is 1.90. The van der Waals surface area contributed by atoms with E-state index >= 15 is 0 Å². The highest BCUT2D eigenvalue weighted by Gasteiger charge is 2.16. The summed E-state index contributed by atoms with van der Waals surface area (Å²) in [7, 11) is 1.29. The third-order valence-electron chi connectivity index (χ3n) is 3.04. The molecule has 0 fully saturated rings. The lowest BCUT2D eigenvalue weighted by molar-refractivity contribution is 0.0600. The Balaban J connectivity index is 2.02. The Kier molecular flexibility index (Phi) is 6.25. The van der Waals surface area contributed by atoms with E-state index < -0.39 is 17.6 Å². The number of carbonyl (C=O) groups excluding carboxylic acids is 2. The summed E-state index contributed by atoms with van der Waals surface area (Å²) in [6.45, 7) is 0.188. The number of alkyl halides is 2. The molecule has 0 aliphatic rings. The average molecular weight is 352 g/mol. The van der Waals surface area contributed by atoms with Crippen molar-refractivity contribution >= 4 is 23.6 Å². The van der Waals surface area contributed by atoms with E-state index in [-0.39, 0.29) is 28.9 Å². The van der Waals surface area contributed by atoms with Crippen molar-refractivity contribution in [2.75, 3.05) is 7.11 Å². The van der Waals surface area contributed by atoms with E-state index in [1.165, 1.54) is 25.4 Å². The number of aromatic nitrogens is 1. The number of carbonyl (C=O) groups is 2. The second-order valence-electron chi connectivity index (χ2n) is 4.61. The maximum atomic E-state index is 12.5. The molecule has 0 bridgehead atoms. The molecular weight excluding hydrogens is 338 g/mol. The van der Waals surface area contributed by atoms with Crippen molar-refractivity contribution in [2.24, 2.45) is 0 Å². The van der Waals surface area contributed by atoms with Crippen LogP contribution >= 0.6 is 11.8 Å². The van der Waals surface area contributed by atoms with Crippen molar-refractivity contribution in [3.8, 4) is 0 Å². The lowest BCUT2D eigenvalue weighted by Crippen LogP contribution is -2.23. The largest absolute Gasteiger partial charge is 0.465 e. The molecule has 126 valence electrons.